The molecule has 0 aromatic carbocycles. The van der Waals surface area contributed by atoms with Gasteiger partial charge in [-0.15, -0.1) is 0 Å². The van der Waals surface area contributed by atoms with E-state index >= 15 is 0 Å². The second kappa shape index (κ2) is 3.94. The molecule has 2 rings (SSSR count). The number of nitrogens with one attached hydrogen (secondary N) is 1. The second-order valence-electron chi connectivity index (χ2n) is 3.65. The molecule has 0 radical (unpaired) electrons. The Kier molecular flexibility index (Phi) is 2.79. The average molecular weight is 230 g/mol. The highest BCUT2D eigenvalue weighted by Crippen LogP contribution is 2.18. The van der Waals surface area contributed by atoms with Gasteiger partial charge in [-0.1, -0.05) is 6.92 Å². The van der Waals surface area contributed by atoms with Crippen LogP contribution in [0, 0.1) is 0 Å². The average Bonchev–Trinajstić information content (AvgIpc) is 2.64. The summed E-state index contributed by atoms with van der Waals surface area (Å²) in [5.74, 6) is 0.761. The number of aromatic nitrogens is 1. The van der Waals surface area contributed by atoms with Gasteiger partial charge in [-0.3, -0.25) is 0 Å². The van der Waals surface area contributed by atoms with Crippen molar-refractivity contribution in [3.05, 3.63) is 17.8 Å². The lowest BCUT2D eigenvalue weighted by Crippen LogP contribution is -2.39. The van der Waals surface area contributed by atoms with Crippen molar-refractivity contribution in [1.29, 1.82) is 0 Å². The van der Waals surface area contributed by atoms with E-state index in [1.165, 1.54) is 0 Å². The van der Waals surface area contributed by atoms with Crippen LogP contribution in [-0.2, 0) is 16.3 Å². The molecule has 0 saturated carbocycles. The van der Waals surface area contributed by atoms with Gasteiger partial charge in [-0.2, -0.15) is 0 Å². The van der Waals surface area contributed by atoms with Gasteiger partial charge in [-0.05, 0) is 6.42 Å². The van der Waals surface area contributed by atoms with Crippen LogP contribution in [0.15, 0.2) is 10.7 Å². The first kappa shape index (κ1) is 10.6. The Morgan fingerprint density at radius 1 is 1.67 bits per heavy atom. The zero-order valence-electron chi connectivity index (χ0n) is 8.56. The van der Waals surface area contributed by atoms with Gasteiger partial charge in [0.05, 0.1) is 23.2 Å². The Bertz CT molecular complexity index is 438. The van der Waals surface area contributed by atoms with Crippen molar-refractivity contribution in [1.82, 2.24) is 10.3 Å². The summed E-state index contributed by atoms with van der Waals surface area (Å²) in [5.41, 5.74) is 0.856. The largest absolute Gasteiger partial charge is 0.447 e. The third kappa shape index (κ3) is 2.38. The van der Waals surface area contributed by atoms with Crippen LogP contribution >= 0.6 is 0 Å². The molecule has 1 atom stereocenters. The monoisotopic (exact) mass is 230 g/mol. The maximum absolute atomic E-state index is 11.4. The zero-order chi connectivity index (χ0) is 10.9. The molecule has 84 valence electrons. The van der Waals surface area contributed by atoms with Crippen molar-refractivity contribution in [2.75, 3.05) is 18.1 Å². The summed E-state index contributed by atoms with van der Waals surface area (Å²) in [4.78, 5) is 4.22. The van der Waals surface area contributed by atoms with Crippen molar-refractivity contribution >= 4 is 9.84 Å². The molecule has 2 heterocycles. The summed E-state index contributed by atoms with van der Waals surface area (Å²) in [6, 6.07) is -0.288. The molecule has 6 heteroatoms. The first-order valence-corrected chi connectivity index (χ1v) is 6.81. The number of oxazole rings is 1. The molecule has 1 unspecified atom stereocenters. The third-order valence-electron chi connectivity index (χ3n) is 2.45. The van der Waals surface area contributed by atoms with E-state index in [-0.39, 0.29) is 17.5 Å². The first-order valence-electron chi connectivity index (χ1n) is 4.99. The Morgan fingerprint density at radius 3 is 3.07 bits per heavy atom. The van der Waals surface area contributed by atoms with Gasteiger partial charge >= 0.3 is 0 Å². The number of aryl methyl sites for hydroxylation is 1. The number of hydrogen-bond donors (Lipinski definition) is 1. The lowest BCUT2D eigenvalue weighted by molar-refractivity contribution is 0.412. The molecule has 1 saturated heterocycles. The van der Waals surface area contributed by atoms with Gasteiger partial charge in [-0.25, -0.2) is 13.4 Å². The Hall–Kier alpha value is -0.880. The van der Waals surface area contributed by atoms with Crippen molar-refractivity contribution in [3.8, 4) is 0 Å². The summed E-state index contributed by atoms with van der Waals surface area (Å²) in [6.45, 7) is 2.45. The van der Waals surface area contributed by atoms with Gasteiger partial charge < -0.3 is 9.73 Å². The van der Waals surface area contributed by atoms with Gasteiger partial charge in [0.25, 0.3) is 0 Å². The fourth-order valence-corrected chi connectivity index (χ4v) is 2.95. The predicted molar refractivity (Wildman–Crippen MR) is 55.3 cm³/mol. The Morgan fingerprint density at radius 2 is 2.47 bits per heavy atom. The molecule has 0 amide bonds. The molecule has 0 aliphatic carbocycles. The third-order valence-corrected chi connectivity index (χ3v) is 4.12. The van der Waals surface area contributed by atoms with Gasteiger partial charge in [0, 0.05) is 6.54 Å². The summed E-state index contributed by atoms with van der Waals surface area (Å²) < 4.78 is 28.1. The van der Waals surface area contributed by atoms with E-state index in [0.29, 0.717) is 12.4 Å². The van der Waals surface area contributed by atoms with Crippen molar-refractivity contribution in [2.45, 2.75) is 19.4 Å². The van der Waals surface area contributed by atoms with Crippen LogP contribution in [0.3, 0.4) is 0 Å². The summed E-state index contributed by atoms with van der Waals surface area (Å²) in [5, 5.41) is 3.09. The maximum atomic E-state index is 11.4. The SMILES string of the molecule is CCc1coc(C2CS(=O)(=O)CCN2)n1. The Labute approximate surface area is 88.8 Å². The number of nitrogens with zero attached hydrogens (tertiary/aromatic N) is 1. The molecule has 1 aromatic rings. The van der Waals surface area contributed by atoms with Gasteiger partial charge in [0.1, 0.15) is 6.26 Å². The normalized spacial score (nSPS) is 25.3. The topological polar surface area (TPSA) is 72.2 Å². The van der Waals surface area contributed by atoms with Crippen molar-refractivity contribution in [3.63, 3.8) is 0 Å². The van der Waals surface area contributed by atoms with E-state index in [1.54, 1.807) is 6.26 Å². The fraction of sp³-hybridized carbons (Fsp3) is 0.667. The molecule has 1 aromatic heterocycles. The molecule has 5 nitrogen and oxygen atoms in total. The molecule has 1 fully saturated rings. The number of hydrogen-bond acceptors (Lipinski definition) is 5. The number of sulfone groups is 1. The van der Waals surface area contributed by atoms with Crippen molar-refractivity contribution in [2.24, 2.45) is 0 Å². The minimum Gasteiger partial charge on any atom is -0.447 e. The summed E-state index contributed by atoms with van der Waals surface area (Å²) >= 11 is 0. The first-order chi connectivity index (χ1) is 7.11. The predicted octanol–water partition coefficient (Wildman–Crippen LogP) is 0.296. The van der Waals surface area contributed by atoms with Crippen LogP contribution in [0.4, 0.5) is 0 Å². The minimum absolute atomic E-state index is 0.0800. The van der Waals surface area contributed by atoms with Crippen LogP contribution in [-0.4, -0.2) is 31.5 Å². The highest BCUT2D eigenvalue weighted by atomic mass is 32.2. The van der Waals surface area contributed by atoms with Crippen LogP contribution in [0.2, 0.25) is 0 Å². The maximum Gasteiger partial charge on any atom is 0.212 e. The van der Waals surface area contributed by atoms with Crippen LogP contribution < -0.4 is 5.32 Å². The molecule has 1 aliphatic rings. The molecule has 1 N–H and O–H groups in total. The standard InChI is InChI=1S/C9H14N2O3S/c1-2-7-5-14-9(11-7)8-6-15(12,13)4-3-10-8/h5,8,10H,2-4,6H2,1H3. The lowest BCUT2D eigenvalue weighted by atomic mass is 10.3. The zero-order valence-corrected chi connectivity index (χ0v) is 9.38. The van der Waals surface area contributed by atoms with E-state index in [2.05, 4.69) is 10.3 Å². The number of rotatable bonds is 2. The Balaban J connectivity index is 2.17. The second-order valence-corrected chi connectivity index (χ2v) is 5.88. The molecule has 0 spiro atoms. The van der Waals surface area contributed by atoms with E-state index in [1.807, 2.05) is 6.92 Å². The van der Waals surface area contributed by atoms with Gasteiger partial charge in [0.2, 0.25) is 5.89 Å². The molecular formula is C9H14N2O3S. The molecule has 0 bridgehead atoms. The fourth-order valence-electron chi connectivity index (χ4n) is 1.59. The molecule has 15 heavy (non-hydrogen) atoms. The van der Waals surface area contributed by atoms with Crippen molar-refractivity contribution < 1.29 is 12.8 Å². The summed E-state index contributed by atoms with van der Waals surface area (Å²) in [7, 11) is -2.94. The van der Waals surface area contributed by atoms with E-state index in [0.717, 1.165) is 12.1 Å². The lowest BCUT2D eigenvalue weighted by Gasteiger charge is -2.20. The highest BCUT2D eigenvalue weighted by molar-refractivity contribution is 7.91. The van der Waals surface area contributed by atoms with Crippen LogP contribution in [0.1, 0.15) is 24.6 Å². The van der Waals surface area contributed by atoms with Gasteiger partial charge in [0.15, 0.2) is 9.84 Å². The summed E-state index contributed by atoms with van der Waals surface area (Å²) in [6.07, 6.45) is 2.38. The van der Waals surface area contributed by atoms with E-state index in [4.69, 9.17) is 4.42 Å². The smallest absolute Gasteiger partial charge is 0.212 e. The quantitative estimate of drug-likeness (QED) is 0.791. The van der Waals surface area contributed by atoms with Crippen LogP contribution in [0.5, 0.6) is 0 Å². The molecule has 1 aliphatic heterocycles. The highest BCUT2D eigenvalue weighted by Gasteiger charge is 2.28. The minimum atomic E-state index is -2.94. The molecular weight excluding hydrogens is 216 g/mol. The van der Waals surface area contributed by atoms with Crippen LogP contribution in [0.25, 0.3) is 0 Å². The van der Waals surface area contributed by atoms with E-state index in [9.17, 15) is 8.42 Å². The van der Waals surface area contributed by atoms with E-state index < -0.39 is 9.84 Å².